The van der Waals surface area contributed by atoms with Gasteiger partial charge in [0.15, 0.2) is 11.4 Å². The minimum absolute atomic E-state index is 0.0439. The molecule has 2 aliphatic heterocycles. The maximum absolute atomic E-state index is 13.2. The summed E-state index contributed by atoms with van der Waals surface area (Å²) in [5, 5.41) is 38.1. The second-order valence-corrected chi connectivity index (χ2v) is 11.6. The largest absolute Gasteiger partial charge is 0.505 e. The molecule has 16 heteroatoms. The normalized spacial score (nSPS) is 13.8. The van der Waals surface area contributed by atoms with Crippen molar-refractivity contribution in [1.29, 1.82) is 0 Å². The highest BCUT2D eigenvalue weighted by Crippen LogP contribution is 2.31. The monoisotopic (exact) mass is 700 g/mol. The maximum Gasteiger partial charge on any atom is 0.354 e. The number of rotatable bonds is 6. The molecule has 0 fully saturated rings. The molecule has 0 atom stereocenters. The van der Waals surface area contributed by atoms with Gasteiger partial charge in [0.1, 0.15) is 23.1 Å². The van der Waals surface area contributed by atoms with E-state index in [1.165, 1.54) is 46.2 Å². The van der Waals surface area contributed by atoms with Gasteiger partial charge in [-0.15, -0.1) is 0 Å². The molecule has 0 bridgehead atoms. The lowest BCUT2D eigenvalue weighted by Gasteiger charge is -2.29. The minimum atomic E-state index is -1.25. The maximum atomic E-state index is 13.2. The topological polar surface area (TPSA) is 181 Å². The van der Waals surface area contributed by atoms with Gasteiger partial charge in [-0.25, -0.2) is 28.3 Å². The molecule has 0 radical (unpaired) electrons. The quantitative estimate of drug-likeness (QED) is 0.215. The van der Waals surface area contributed by atoms with Crippen LogP contribution in [-0.4, -0.2) is 77.0 Å². The Morgan fingerprint density at radius 2 is 1.08 bits per heavy atom. The fraction of sp³-hybridized carbons (Fsp3) is 0.188. The zero-order valence-corrected chi connectivity index (χ0v) is 26.1. The molecule has 4 heterocycles. The summed E-state index contributed by atoms with van der Waals surface area (Å²) in [4.78, 5) is 57.9. The first-order valence-corrected chi connectivity index (χ1v) is 14.9. The number of nitrogens with zero attached hydrogens (tertiary/aromatic N) is 4. The Morgan fingerprint density at radius 3 is 1.42 bits per heavy atom. The summed E-state index contributed by atoms with van der Waals surface area (Å²) in [6, 6.07) is 8.30. The van der Waals surface area contributed by atoms with Crippen molar-refractivity contribution in [2.24, 2.45) is 0 Å². The van der Waals surface area contributed by atoms with E-state index < -0.39 is 35.4 Å². The average Bonchev–Trinajstić information content (AvgIpc) is 3.03. The molecule has 0 saturated heterocycles. The molecular formula is C32H24Cl2F2N4O8. The van der Waals surface area contributed by atoms with Crippen molar-refractivity contribution in [2.75, 3.05) is 13.1 Å². The number of amides is 2. The average molecular weight is 701 g/mol. The number of carboxylic acids is 2. The van der Waals surface area contributed by atoms with E-state index in [2.05, 4.69) is 9.97 Å². The van der Waals surface area contributed by atoms with Gasteiger partial charge in [-0.3, -0.25) is 9.59 Å². The number of carbonyl (C=O) groups excluding carboxylic acids is 2. The highest BCUT2D eigenvalue weighted by molar-refractivity contribution is 6.31. The molecule has 0 saturated carbocycles. The van der Waals surface area contributed by atoms with Crippen molar-refractivity contribution in [1.82, 2.24) is 19.8 Å². The smallest absolute Gasteiger partial charge is 0.354 e. The first-order chi connectivity index (χ1) is 22.8. The number of hydrogen-bond acceptors (Lipinski definition) is 8. The third-order valence-electron chi connectivity index (χ3n) is 7.71. The van der Waals surface area contributed by atoms with E-state index in [1.807, 2.05) is 0 Å². The Hall–Kier alpha value is -5.34. The molecule has 48 heavy (non-hydrogen) atoms. The predicted octanol–water partition coefficient (Wildman–Crippen LogP) is 4.95. The second kappa shape index (κ2) is 13.8. The molecule has 248 valence electrons. The van der Waals surface area contributed by atoms with E-state index >= 15 is 0 Å². The summed E-state index contributed by atoms with van der Waals surface area (Å²) in [6.07, 6.45) is 2.41. The van der Waals surface area contributed by atoms with Gasteiger partial charge in [0.25, 0.3) is 11.8 Å². The van der Waals surface area contributed by atoms with Crippen LogP contribution >= 0.6 is 23.2 Å². The van der Waals surface area contributed by atoms with Crippen LogP contribution in [0.2, 0.25) is 10.0 Å². The van der Waals surface area contributed by atoms with Crippen LogP contribution < -0.4 is 0 Å². The van der Waals surface area contributed by atoms with Crippen molar-refractivity contribution in [3.63, 3.8) is 0 Å². The molecule has 6 rings (SSSR count). The summed E-state index contributed by atoms with van der Waals surface area (Å²) >= 11 is 11.5. The van der Waals surface area contributed by atoms with Gasteiger partial charge in [-0.05, 0) is 48.2 Å². The highest BCUT2D eigenvalue weighted by Gasteiger charge is 2.33. The molecule has 0 spiro atoms. The van der Waals surface area contributed by atoms with E-state index in [4.69, 9.17) is 33.4 Å². The number of carbonyl (C=O) groups is 4. The molecule has 2 aliphatic rings. The second-order valence-electron chi connectivity index (χ2n) is 10.8. The standard InChI is InChI=1S/2C16H12ClFN2O4/c2*17-10-5-8(1-2-11(10)18)7-20-4-3-9-13(15(20)22)12(21)6-19-14(9)16(23)24/h2*1-2,5-6,21H,3-4,7H2,(H,23,24). The van der Waals surface area contributed by atoms with Crippen molar-refractivity contribution >= 4 is 47.0 Å². The molecule has 2 aromatic carbocycles. The van der Waals surface area contributed by atoms with Crippen molar-refractivity contribution < 1.29 is 48.4 Å². The lowest BCUT2D eigenvalue weighted by Crippen LogP contribution is -2.38. The van der Waals surface area contributed by atoms with Crippen molar-refractivity contribution in [3.05, 3.63) is 115 Å². The van der Waals surface area contributed by atoms with E-state index in [-0.39, 0.29) is 94.2 Å². The lowest BCUT2D eigenvalue weighted by molar-refractivity contribution is 0.0668. The van der Waals surface area contributed by atoms with Crippen LogP contribution in [0, 0.1) is 11.6 Å². The Morgan fingerprint density at radius 1 is 0.708 bits per heavy atom. The van der Waals surface area contributed by atoms with Gasteiger partial charge in [-0.1, -0.05) is 35.3 Å². The Bertz CT molecular complexity index is 1850. The van der Waals surface area contributed by atoms with Crippen molar-refractivity contribution in [3.8, 4) is 11.5 Å². The first-order valence-electron chi connectivity index (χ1n) is 14.1. The van der Waals surface area contributed by atoms with Crippen LogP contribution in [0.1, 0.15) is 63.9 Å². The molecular weight excluding hydrogens is 677 g/mol. The number of benzene rings is 2. The number of carboxylic acid groups (broad SMARTS) is 2. The predicted molar refractivity (Wildman–Crippen MR) is 165 cm³/mol. The molecule has 0 unspecified atom stereocenters. The zero-order chi connectivity index (χ0) is 34.9. The summed E-state index contributed by atoms with van der Waals surface area (Å²) in [5.41, 5.74) is 1.13. The number of aromatic carboxylic acids is 2. The Balaban J connectivity index is 0.000000188. The summed E-state index contributed by atoms with van der Waals surface area (Å²) in [6.45, 7) is 0.851. The molecule has 0 aliphatic carbocycles. The van der Waals surface area contributed by atoms with E-state index in [0.717, 1.165) is 12.4 Å². The lowest BCUT2D eigenvalue weighted by atomic mass is 9.96. The third kappa shape index (κ3) is 6.85. The van der Waals surface area contributed by atoms with Crippen LogP contribution in [0.5, 0.6) is 11.5 Å². The van der Waals surface area contributed by atoms with E-state index in [0.29, 0.717) is 11.1 Å². The molecule has 2 amide bonds. The number of aromatic hydroxyl groups is 2. The van der Waals surface area contributed by atoms with Gasteiger partial charge >= 0.3 is 11.9 Å². The summed E-state index contributed by atoms with van der Waals surface area (Å²) in [7, 11) is 0. The van der Waals surface area contributed by atoms with Crippen LogP contribution in [0.25, 0.3) is 0 Å². The fourth-order valence-corrected chi connectivity index (χ4v) is 5.85. The molecule has 4 aromatic rings. The number of pyridine rings is 2. The molecule has 4 N–H and O–H groups in total. The number of halogens is 4. The molecule has 2 aromatic heterocycles. The number of fused-ring (bicyclic) bond motifs is 2. The fourth-order valence-electron chi connectivity index (χ4n) is 5.45. The first kappa shape index (κ1) is 34.0. The number of hydrogen-bond donors (Lipinski definition) is 4. The summed E-state index contributed by atoms with van der Waals surface area (Å²) in [5.74, 6) is -5.33. The Labute approximate surface area is 280 Å². The van der Waals surface area contributed by atoms with Crippen LogP contribution in [-0.2, 0) is 25.9 Å². The minimum Gasteiger partial charge on any atom is -0.505 e. The van der Waals surface area contributed by atoms with Crippen LogP contribution in [0.15, 0.2) is 48.8 Å². The zero-order valence-electron chi connectivity index (χ0n) is 24.6. The SMILES string of the molecule is O=C(O)c1ncc(O)c2c1CCN(Cc1ccc(F)c(Cl)c1)C2=O.O=C(O)c1ncc(O)c2c1CCN(Cc1ccc(F)c(Cl)c1)C2=O. The van der Waals surface area contributed by atoms with Gasteiger partial charge < -0.3 is 30.2 Å². The number of aromatic nitrogens is 2. The van der Waals surface area contributed by atoms with Crippen LogP contribution in [0.3, 0.4) is 0 Å². The Kier molecular flexibility index (Phi) is 9.77. The van der Waals surface area contributed by atoms with Gasteiger partial charge in [0, 0.05) is 37.3 Å². The highest BCUT2D eigenvalue weighted by atomic mass is 35.5. The van der Waals surface area contributed by atoms with E-state index in [9.17, 15) is 38.2 Å². The van der Waals surface area contributed by atoms with E-state index in [1.54, 1.807) is 0 Å². The van der Waals surface area contributed by atoms with Gasteiger partial charge in [0.05, 0.1) is 33.6 Å². The van der Waals surface area contributed by atoms with Crippen molar-refractivity contribution in [2.45, 2.75) is 25.9 Å². The summed E-state index contributed by atoms with van der Waals surface area (Å²) < 4.78 is 26.4. The van der Waals surface area contributed by atoms with Gasteiger partial charge in [-0.2, -0.15) is 0 Å². The van der Waals surface area contributed by atoms with Gasteiger partial charge in [0.2, 0.25) is 0 Å². The third-order valence-corrected chi connectivity index (χ3v) is 8.28. The molecule has 12 nitrogen and oxygen atoms in total. The van der Waals surface area contributed by atoms with Crippen LogP contribution in [0.4, 0.5) is 8.78 Å².